The molecular weight excluding hydrogens is 210 g/mol. The number of rotatable bonds is 3. The second-order valence-electron chi connectivity index (χ2n) is 3.80. The zero-order chi connectivity index (χ0) is 11.4. The first-order chi connectivity index (χ1) is 7.70. The van der Waals surface area contributed by atoms with Gasteiger partial charge in [0.15, 0.2) is 0 Å². The normalized spacial score (nSPS) is 24.3. The van der Waals surface area contributed by atoms with E-state index in [4.69, 9.17) is 4.74 Å². The first-order valence-corrected chi connectivity index (χ1v) is 5.04. The second kappa shape index (κ2) is 4.54. The van der Waals surface area contributed by atoms with Crippen molar-refractivity contribution in [1.82, 2.24) is 15.3 Å². The molecule has 1 aromatic rings. The molecule has 0 saturated carbocycles. The molecule has 1 fully saturated rings. The number of hydrogen-bond donors (Lipinski definition) is 2. The number of hydrogen-bond acceptors (Lipinski definition) is 5. The molecule has 16 heavy (non-hydrogen) atoms. The molecule has 1 unspecified atom stereocenters. The molecule has 1 aliphatic heterocycles. The largest absolute Gasteiger partial charge is 0.386 e. The van der Waals surface area contributed by atoms with E-state index in [0.29, 0.717) is 13.0 Å². The van der Waals surface area contributed by atoms with E-state index in [1.54, 1.807) is 0 Å². The molecule has 6 nitrogen and oxygen atoms in total. The highest BCUT2D eigenvalue weighted by atomic mass is 16.5. The third kappa shape index (κ3) is 2.53. The van der Waals surface area contributed by atoms with Gasteiger partial charge in [-0.1, -0.05) is 0 Å². The molecule has 0 aromatic carbocycles. The molecule has 2 N–H and O–H groups in total. The van der Waals surface area contributed by atoms with Crippen LogP contribution >= 0.6 is 0 Å². The number of amides is 1. The van der Waals surface area contributed by atoms with Crippen LogP contribution in [0.2, 0.25) is 0 Å². The molecule has 6 heteroatoms. The van der Waals surface area contributed by atoms with Gasteiger partial charge < -0.3 is 15.2 Å². The Hall–Kier alpha value is -1.53. The van der Waals surface area contributed by atoms with Crippen LogP contribution < -0.4 is 5.32 Å². The number of ether oxygens (including phenoxy) is 1. The third-order valence-corrected chi connectivity index (χ3v) is 2.46. The van der Waals surface area contributed by atoms with Crippen molar-refractivity contribution in [2.45, 2.75) is 12.0 Å². The summed E-state index contributed by atoms with van der Waals surface area (Å²) in [6, 6.07) is 0. The van der Waals surface area contributed by atoms with Crippen LogP contribution in [-0.4, -0.2) is 46.3 Å². The first-order valence-electron chi connectivity index (χ1n) is 5.04. The molecule has 0 aliphatic carbocycles. The van der Waals surface area contributed by atoms with Crippen LogP contribution in [0, 0.1) is 0 Å². The molecule has 2 heterocycles. The van der Waals surface area contributed by atoms with Crippen LogP contribution in [0.4, 0.5) is 0 Å². The fourth-order valence-corrected chi connectivity index (χ4v) is 1.49. The average molecular weight is 223 g/mol. The third-order valence-electron chi connectivity index (χ3n) is 2.46. The van der Waals surface area contributed by atoms with Gasteiger partial charge in [-0.05, 0) is 0 Å². The summed E-state index contributed by atoms with van der Waals surface area (Å²) in [5.41, 5.74) is -0.706. The van der Waals surface area contributed by atoms with Gasteiger partial charge in [0, 0.05) is 32.0 Å². The Balaban J connectivity index is 1.89. The Morgan fingerprint density at radius 2 is 2.50 bits per heavy atom. The van der Waals surface area contributed by atoms with Crippen molar-refractivity contribution in [3.05, 3.63) is 24.3 Å². The van der Waals surface area contributed by atoms with Crippen molar-refractivity contribution in [3.8, 4) is 0 Å². The van der Waals surface area contributed by atoms with E-state index in [-0.39, 0.29) is 24.8 Å². The zero-order valence-corrected chi connectivity index (χ0v) is 8.72. The summed E-state index contributed by atoms with van der Waals surface area (Å²) in [6.07, 6.45) is 4.86. The molecule has 1 aliphatic rings. The van der Waals surface area contributed by atoms with Crippen molar-refractivity contribution in [1.29, 1.82) is 0 Å². The van der Waals surface area contributed by atoms with Gasteiger partial charge in [-0.2, -0.15) is 0 Å². The summed E-state index contributed by atoms with van der Waals surface area (Å²) >= 11 is 0. The molecule has 0 spiro atoms. The summed E-state index contributed by atoms with van der Waals surface area (Å²) in [5, 5.41) is 12.5. The van der Waals surface area contributed by atoms with Crippen LogP contribution in [0.15, 0.2) is 18.6 Å². The SMILES string of the molecule is O=C(NCC1(O)CCOC1)c1cnccn1. The monoisotopic (exact) mass is 223 g/mol. The summed E-state index contributed by atoms with van der Waals surface area (Å²) in [6.45, 7) is 0.952. The van der Waals surface area contributed by atoms with Gasteiger partial charge in [-0.25, -0.2) is 4.98 Å². The van der Waals surface area contributed by atoms with Gasteiger partial charge in [-0.15, -0.1) is 0 Å². The molecule has 0 bridgehead atoms. The van der Waals surface area contributed by atoms with E-state index in [1.807, 2.05) is 0 Å². The van der Waals surface area contributed by atoms with Gasteiger partial charge in [-0.3, -0.25) is 9.78 Å². The standard InChI is InChI=1S/C10H13N3O3/c14-9(8-5-11-2-3-12-8)13-6-10(15)1-4-16-7-10/h2-3,5,15H,1,4,6-7H2,(H,13,14). The second-order valence-corrected chi connectivity index (χ2v) is 3.80. The predicted octanol–water partition coefficient (Wildman–Crippen LogP) is -0.642. The van der Waals surface area contributed by atoms with Gasteiger partial charge in [0.2, 0.25) is 0 Å². The highest BCUT2D eigenvalue weighted by molar-refractivity contribution is 5.91. The molecule has 1 atom stereocenters. The number of aromatic nitrogens is 2. The van der Waals surface area contributed by atoms with E-state index in [1.165, 1.54) is 18.6 Å². The topological polar surface area (TPSA) is 84.3 Å². The van der Waals surface area contributed by atoms with Gasteiger partial charge in [0.25, 0.3) is 5.91 Å². The van der Waals surface area contributed by atoms with Gasteiger partial charge in [0.05, 0.1) is 12.8 Å². The lowest BCUT2D eigenvalue weighted by Gasteiger charge is -2.20. The fourth-order valence-electron chi connectivity index (χ4n) is 1.49. The highest BCUT2D eigenvalue weighted by Gasteiger charge is 2.32. The van der Waals surface area contributed by atoms with Gasteiger partial charge >= 0.3 is 0 Å². The average Bonchev–Trinajstić information content (AvgIpc) is 2.75. The van der Waals surface area contributed by atoms with Crippen LogP contribution in [0.1, 0.15) is 16.9 Å². The summed E-state index contributed by atoms with van der Waals surface area (Å²) in [5.74, 6) is -0.339. The smallest absolute Gasteiger partial charge is 0.271 e. The Morgan fingerprint density at radius 3 is 3.12 bits per heavy atom. The van der Waals surface area contributed by atoms with E-state index in [9.17, 15) is 9.90 Å². The minimum absolute atomic E-state index is 0.169. The molecule has 1 saturated heterocycles. The minimum Gasteiger partial charge on any atom is -0.386 e. The quantitative estimate of drug-likeness (QED) is 0.712. The van der Waals surface area contributed by atoms with E-state index < -0.39 is 5.60 Å². The number of carbonyl (C=O) groups is 1. The zero-order valence-electron chi connectivity index (χ0n) is 8.72. The minimum atomic E-state index is -0.947. The number of aliphatic hydroxyl groups is 1. The van der Waals surface area contributed by atoms with Gasteiger partial charge in [0.1, 0.15) is 11.3 Å². The van der Waals surface area contributed by atoms with E-state index >= 15 is 0 Å². The Kier molecular flexibility index (Phi) is 3.12. The molecule has 2 rings (SSSR count). The maximum Gasteiger partial charge on any atom is 0.271 e. The molecule has 0 radical (unpaired) electrons. The summed E-state index contributed by atoms with van der Waals surface area (Å²) < 4.78 is 5.07. The molecule has 1 aromatic heterocycles. The lowest BCUT2D eigenvalue weighted by molar-refractivity contribution is 0.0264. The van der Waals surface area contributed by atoms with E-state index in [2.05, 4.69) is 15.3 Å². The Labute approximate surface area is 92.7 Å². The van der Waals surface area contributed by atoms with E-state index in [0.717, 1.165) is 0 Å². The van der Waals surface area contributed by atoms with Crippen LogP contribution in [-0.2, 0) is 4.74 Å². The van der Waals surface area contributed by atoms with Crippen molar-refractivity contribution in [2.24, 2.45) is 0 Å². The maximum absolute atomic E-state index is 11.6. The molecule has 1 amide bonds. The van der Waals surface area contributed by atoms with Crippen LogP contribution in [0.25, 0.3) is 0 Å². The van der Waals surface area contributed by atoms with Crippen molar-refractivity contribution < 1.29 is 14.6 Å². The fraction of sp³-hybridized carbons (Fsp3) is 0.500. The van der Waals surface area contributed by atoms with Crippen LogP contribution in [0.3, 0.4) is 0 Å². The van der Waals surface area contributed by atoms with Crippen molar-refractivity contribution in [3.63, 3.8) is 0 Å². The first kappa shape index (κ1) is 11.0. The molecular formula is C10H13N3O3. The number of nitrogens with zero attached hydrogens (tertiary/aromatic N) is 2. The van der Waals surface area contributed by atoms with Crippen molar-refractivity contribution >= 4 is 5.91 Å². The highest BCUT2D eigenvalue weighted by Crippen LogP contribution is 2.16. The van der Waals surface area contributed by atoms with Crippen LogP contribution in [0.5, 0.6) is 0 Å². The lowest BCUT2D eigenvalue weighted by atomic mass is 10.0. The number of nitrogens with one attached hydrogen (secondary N) is 1. The molecule has 86 valence electrons. The Morgan fingerprint density at radius 1 is 1.62 bits per heavy atom. The Bertz CT molecular complexity index is 363. The maximum atomic E-state index is 11.6. The predicted molar refractivity (Wildman–Crippen MR) is 54.8 cm³/mol. The number of carbonyl (C=O) groups excluding carboxylic acids is 1. The summed E-state index contributed by atoms with van der Waals surface area (Å²) in [7, 11) is 0. The lowest BCUT2D eigenvalue weighted by Crippen LogP contribution is -2.43. The summed E-state index contributed by atoms with van der Waals surface area (Å²) in [4.78, 5) is 19.2. The van der Waals surface area contributed by atoms with Crippen molar-refractivity contribution in [2.75, 3.05) is 19.8 Å².